The molecule has 0 aliphatic carbocycles. The fourth-order valence-electron chi connectivity index (χ4n) is 2.44. The third-order valence-corrected chi connectivity index (χ3v) is 3.25. The smallest absolute Gasteiger partial charge is 0.325 e. The maximum absolute atomic E-state index is 12.3. The molecule has 0 aliphatic heterocycles. The monoisotopic (exact) mass is 284 g/mol. The largest absolute Gasteiger partial charge is 0.465 e. The maximum Gasteiger partial charge on any atom is 0.325 e. The van der Waals surface area contributed by atoms with Crippen LogP contribution in [-0.4, -0.2) is 17.1 Å². The van der Waals surface area contributed by atoms with Gasteiger partial charge in [0.05, 0.1) is 12.1 Å². The number of fused-ring (bicyclic) bond motifs is 1. The highest BCUT2D eigenvalue weighted by molar-refractivity contribution is 5.85. The lowest BCUT2D eigenvalue weighted by Crippen LogP contribution is -2.19. The van der Waals surface area contributed by atoms with E-state index in [2.05, 4.69) is 0 Å². The Kier molecular flexibility index (Phi) is 4.08. The summed E-state index contributed by atoms with van der Waals surface area (Å²) in [5, 5.41) is 9.58. The molecule has 2 rings (SSSR count). The number of hydrogen-bond acceptors (Lipinski definition) is 4. The quantitative estimate of drug-likeness (QED) is 0.809. The summed E-state index contributed by atoms with van der Waals surface area (Å²) in [5.74, 6) is -0.398. The third-order valence-electron chi connectivity index (χ3n) is 3.25. The van der Waals surface area contributed by atoms with Gasteiger partial charge >= 0.3 is 5.97 Å². The molecule has 1 aromatic carbocycles. The van der Waals surface area contributed by atoms with Crippen molar-refractivity contribution in [2.24, 2.45) is 0 Å². The second kappa shape index (κ2) is 5.80. The van der Waals surface area contributed by atoms with Crippen LogP contribution in [0, 0.1) is 25.2 Å². The minimum atomic E-state index is -0.398. The lowest BCUT2D eigenvalue weighted by molar-refractivity contribution is -0.143. The second-order valence-electron chi connectivity index (χ2n) is 4.89. The van der Waals surface area contributed by atoms with Gasteiger partial charge in [-0.25, -0.2) is 0 Å². The second-order valence-corrected chi connectivity index (χ2v) is 4.89. The van der Waals surface area contributed by atoms with Crippen LogP contribution >= 0.6 is 0 Å². The van der Waals surface area contributed by atoms with Gasteiger partial charge in [0.2, 0.25) is 5.43 Å². The molecular formula is C16H16N2O3. The summed E-state index contributed by atoms with van der Waals surface area (Å²) in [7, 11) is 0. The summed E-state index contributed by atoms with van der Waals surface area (Å²) in [5.41, 5.74) is 2.15. The van der Waals surface area contributed by atoms with E-state index in [1.807, 2.05) is 32.0 Å². The molecule has 0 bridgehead atoms. The summed E-state index contributed by atoms with van der Waals surface area (Å²) in [4.78, 5) is 24.0. The Labute approximate surface area is 122 Å². The van der Waals surface area contributed by atoms with E-state index in [0.29, 0.717) is 17.5 Å². The first-order chi connectivity index (χ1) is 9.97. The minimum Gasteiger partial charge on any atom is -0.465 e. The van der Waals surface area contributed by atoms with Crippen LogP contribution in [-0.2, 0) is 16.1 Å². The van der Waals surface area contributed by atoms with Gasteiger partial charge in [0.1, 0.15) is 18.2 Å². The van der Waals surface area contributed by atoms with Crippen LogP contribution in [0.15, 0.2) is 23.1 Å². The standard InChI is InChI=1S/C16H16N2O3/c1-4-21-14(19)9-18-8-12(7-17)16(20)15-11(3)5-10(2)6-13(15)18/h5-6,8H,4,9H2,1-3H3. The van der Waals surface area contributed by atoms with Crippen LogP contribution in [0.5, 0.6) is 0 Å². The van der Waals surface area contributed by atoms with Crippen molar-refractivity contribution in [1.82, 2.24) is 4.57 Å². The van der Waals surface area contributed by atoms with Gasteiger partial charge < -0.3 is 9.30 Å². The van der Waals surface area contributed by atoms with Crippen molar-refractivity contribution < 1.29 is 9.53 Å². The first-order valence-electron chi connectivity index (χ1n) is 6.68. The van der Waals surface area contributed by atoms with E-state index in [1.54, 1.807) is 11.5 Å². The number of carbonyl (C=O) groups excluding carboxylic acids is 1. The molecular weight excluding hydrogens is 268 g/mol. The normalized spacial score (nSPS) is 10.4. The van der Waals surface area contributed by atoms with Crippen molar-refractivity contribution in [3.63, 3.8) is 0 Å². The third kappa shape index (κ3) is 2.79. The van der Waals surface area contributed by atoms with E-state index >= 15 is 0 Å². The van der Waals surface area contributed by atoms with Crippen molar-refractivity contribution in [2.45, 2.75) is 27.3 Å². The molecule has 0 radical (unpaired) electrons. The first kappa shape index (κ1) is 14.8. The van der Waals surface area contributed by atoms with Crippen LogP contribution in [0.4, 0.5) is 0 Å². The van der Waals surface area contributed by atoms with Crippen molar-refractivity contribution in [2.75, 3.05) is 6.61 Å². The molecule has 0 unspecified atom stereocenters. The Morgan fingerprint density at radius 3 is 2.71 bits per heavy atom. The number of esters is 1. The van der Waals surface area contributed by atoms with E-state index in [9.17, 15) is 9.59 Å². The molecule has 108 valence electrons. The lowest BCUT2D eigenvalue weighted by Gasteiger charge is -2.13. The highest BCUT2D eigenvalue weighted by Gasteiger charge is 2.14. The zero-order valence-electron chi connectivity index (χ0n) is 12.3. The molecule has 21 heavy (non-hydrogen) atoms. The van der Waals surface area contributed by atoms with E-state index in [-0.39, 0.29) is 17.5 Å². The van der Waals surface area contributed by atoms with Crippen LogP contribution < -0.4 is 5.43 Å². The van der Waals surface area contributed by atoms with Gasteiger partial charge in [-0.15, -0.1) is 0 Å². The Morgan fingerprint density at radius 2 is 2.10 bits per heavy atom. The molecule has 5 nitrogen and oxygen atoms in total. The van der Waals surface area contributed by atoms with Crippen molar-refractivity contribution in [1.29, 1.82) is 5.26 Å². The van der Waals surface area contributed by atoms with Crippen molar-refractivity contribution >= 4 is 16.9 Å². The Bertz CT molecular complexity index is 813. The van der Waals surface area contributed by atoms with E-state index in [0.717, 1.165) is 11.1 Å². The summed E-state index contributed by atoms with van der Waals surface area (Å²) >= 11 is 0. The van der Waals surface area contributed by atoms with Gasteiger partial charge in [0.25, 0.3) is 0 Å². The summed E-state index contributed by atoms with van der Waals surface area (Å²) in [6.07, 6.45) is 1.42. The lowest BCUT2D eigenvalue weighted by atomic mass is 10.0. The molecule has 2 aromatic rings. The molecule has 1 heterocycles. The number of nitriles is 1. The molecule has 0 atom stereocenters. The summed E-state index contributed by atoms with van der Waals surface area (Å²) < 4.78 is 6.54. The summed E-state index contributed by atoms with van der Waals surface area (Å²) in [6.45, 7) is 5.75. The highest BCUT2D eigenvalue weighted by Crippen LogP contribution is 2.18. The Hall–Kier alpha value is -2.61. The number of benzene rings is 1. The molecule has 0 fully saturated rings. The average molecular weight is 284 g/mol. The molecule has 5 heteroatoms. The maximum atomic E-state index is 12.3. The average Bonchev–Trinajstić information content (AvgIpc) is 2.41. The number of hydrogen-bond donors (Lipinski definition) is 0. The number of pyridine rings is 1. The first-order valence-corrected chi connectivity index (χ1v) is 6.68. The van der Waals surface area contributed by atoms with Gasteiger partial charge in [-0.3, -0.25) is 9.59 Å². The van der Waals surface area contributed by atoms with E-state index in [4.69, 9.17) is 10.00 Å². The number of rotatable bonds is 3. The number of nitrogens with zero attached hydrogens (tertiary/aromatic N) is 2. The zero-order chi connectivity index (χ0) is 15.6. The number of aryl methyl sites for hydroxylation is 2. The van der Waals surface area contributed by atoms with Gasteiger partial charge in [-0.05, 0) is 38.0 Å². The summed E-state index contributed by atoms with van der Waals surface area (Å²) in [6, 6.07) is 5.62. The Balaban J connectivity index is 2.75. The predicted molar refractivity (Wildman–Crippen MR) is 79.0 cm³/mol. The predicted octanol–water partition coefficient (Wildman–Crippen LogP) is 2.05. The molecule has 0 N–H and O–H groups in total. The fraction of sp³-hybridized carbons (Fsp3) is 0.312. The van der Waals surface area contributed by atoms with E-state index in [1.165, 1.54) is 6.20 Å². The molecule has 0 saturated heterocycles. The zero-order valence-corrected chi connectivity index (χ0v) is 12.3. The molecule has 0 amide bonds. The molecule has 1 aromatic heterocycles. The topological polar surface area (TPSA) is 72.1 Å². The van der Waals surface area contributed by atoms with Crippen molar-refractivity contribution in [3.05, 3.63) is 45.2 Å². The number of aromatic nitrogens is 1. The van der Waals surface area contributed by atoms with Gasteiger partial charge in [-0.1, -0.05) is 6.07 Å². The van der Waals surface area contributed by atoms with Gasteiger partial charge in [0, 0.05) is 11.6 Å². The highest BCUT2D eigenvalue weighted by atomic mass is 16.5. The Morgan fingerprint density at radius 1 is 1.38 bits per heavy atom. The van der Waals surface area contributed by atoms with Crippen LogP contribution in [0.1, 0.15) is 23.6 Å². The SMILES string of the molecule is CCOC(=O)Cn1cc(C#N)c(=O)c2c(C)cc(C)cc21. The minimum absolute atomic E-state index is 0.0256. The molecule has 0 saturated carbocycles. The molecule has 0 spiro atoms. The van der Waals surface area contributed by atoms with Crippen molar-refractivity contribution in [3.8, 4) is 6.07 Å². The van der Waals surface area contributed by atoms with E-state index < -0.39 is 5.97 Å². The van der Waals surface area contributed by atoms with Gasteiger partial charge in [0.15, 0.2) is 0 Å². The number of carbonyl (C=O) groups is 1. The molecule has 0 aliphatic rings. The van der Waals surface area contributed by atoms with Gasteiger partial charge in [-0.2, -0.15) is 5.26 Å². The van der Waals surface area contributed by atoms with Crippen LogP contribution in [0.25, 0.3) is 10.9 Å². The van der Waals surface area contributed by atoms with Crippen LogP contribution in [0.3, 0.4) is 0 Å². The van der Waals surface area contributed by atoms with Crippen LogP contribution in [0.2, 0.25) is 0 Å². The number of ether oxygens (including phenoxy) is 1. The fourth-order valence-corrected chi connectivity index (χ4v) is 2.44.